The number of carbonyl (C=O) groups excluding carboxylic acids is 3. The molecule has 0 bridgehead atoms. The number of imide groups is 1. The molecule has 1 aliphatic rings. The number of aromatic nitrogens is 1. The van der Waals surface area contributed by atoms with Gasteiger partial charge in [-0.15, -0.1) is 0 Å². The van der Waals surface area contributed by atoms with E-state index in [1.165, 1.54) is 16.3 Å². The van der Waals surface area contributed by atoms with Gasteiger partial charge < -0.3 is 15.2 Å². The van der Waals surface area contributed by atoms with E-state index in [1.54, 1.807) is 12.1 Å². The minimum absolute atomic E-state index is 0.136. The summed E-state index contributed by atoms with van der Waals surface area (Å²) < 4.78 is 2.15. The number of anilines is 1. The topological polar surface area (TPSA) is 83.4 Å². The van der Waals surface area contributed by atoms with Gasteiger partial charge in [0.25, 0.3) is 5.91 Å². The van der Waals surface area contributed by atoms with Crippen LogP contribution in [-0.4, -0.2) is 33.9 Å². The average Bonchev–Trinajstić information content (AvgIpc) is 3.40. The Kier molecular flexibility index (Phi) is 6.17. The number of nitrogens with zero attached hydrogens (tertiary/aromatic N) is 2. The Labute approximate surface area is 225 Å². The van der Waals surface area contributed by atoms with Crippen molar-refractivity contribution in [2.75, 3.05) is 11.9 Å². The molecule has 0 aliphatic carbocycles. The van der Waals surface area contributed by atoms with Gasteiger partial charge in [0.05, 0.1) is 0 Å². The third kappa shape index (κ3) is 4.78. The van der Waals surface area contributed by atoms with E-state index in [2.05, 4.69) is 45.5 Å². The van der Waals surface area contributed by atoms with Crippen LogP contribution in [0.2, 0.25) is 0 Å². The fraction of sp³-hybridized carbons (Fsp3) is 0.0938. The van der Waals surface area contributed by atoms with Gasteiger partial charge in [-0.2, -0.15) is 0 Å². The van der Waals surface area contributed by atoms with Crippen molar-refractivity contribution in [3.63, 3.8) is 0 Å². The molecule has 0 saturated carbocycles. The Morgan fingerprint density at radius 3 is 2.49 bits per heavy atom. The van der Waals surface area contributed by atoms with Crippen molar-refractivity contribution in [3.8, 4) is 0 Å². The fourth-order valence-electron chi connectivity index (χ4n) is 5.07. The molecule has 2 N–H and O–H groups in total. The Morgan fingerprint density at radius 1 is 0.897 bits per heavy atom. The standard InChI is InChI=1S/C32H26N4O3/c1-21-8-6-12-25(16-21)33-30(37)20-36-31(38)28(34-32(36)39)17-24-19-35(29-15-5-4-14-27(24)29)18-23-11-7-10-22-9-2-3-13-26(22)23/h2-17,19H,18,20H2,1H3,(H,33,37)(H,34,39)/b28-17+. The molecule has 4 aromatic carbocycles. The van der Waals surface area contributed by atoms with Gasteiger partial charge in [-0.3, -0.25) is 9.59 Å². The van der Waals surface area contributed by atoms with Crippen molar-refractivity contribution in [2.24, 2.45) is 0 Å². The fourth-order valence-corrected chi connectivity index (χ4v) is 5.07. The lowest BCUT2D eigenvalue weighted by atomic mass is 10.0. The molecule has 7 nitrogen and oxygen atoms in total. The monoisotopic (exact) mass is 514 g/mol. The third-order valence-electron chi connectivity index (χ3n) is 6.91. The number of carbonyl (C=O) groups is 3. The first-order chi connectivity index (χ1) is 19.0. The van der Waals surface area contributed by atoms with E-state index < -0.39 is 17.8 Å². The van der Waals surface area contributed by atoms with Gasteiger partial charge in [-0.05, 0) is 53.1 Å². The predicted molar refractivity (Wildman–Crippen MR) is 153 cm³/mol. The first kappa shape index (κ1) is 24.2. The molecule has 4 amide bonds. The molecule has 39 heavy (non-hydrogen) atoms. The number of hydrogen-bond acceptors (Lipinski definition) is 3. The number of nitrogens with one attached hydrogen (secondary N) is 2. The second-order valence-corrected chi connectivity index (χ2v) is 9.66. The minimum atomic E-state index is -0.620. The van der Waals surface area contributed by atoms with Crippen LogP contribution in [0.3, 0.4) is 0 Å². The maximum Gasteiger partial charge on any atom is 0.329 e. The quantitative estimate of drug-likeness (QED) is 0.226. The molecule has 0 radical (unpaired) electrons. The first-order valence-electron chi connectivity index (χ1n) is 12.7. The number of amides is 4. The van der Waals surface area contributed by atoms with E-state index in [4.69, 9.17) is 0 Å². The molecule has 1 fully saturated rings. The summed E-state index contributed by atoms with van der Waals surface area (Å²) in [6, 6.07) is 29.3. The summed E-state index contributed by atoms with van der Waals surface area (Å²) in [5.41, 5.74) is 4.75. The first-order valence-corrected chi connectivity index (χ1v) is 12.7. The van der Waals surface area contributed by atoms with Crippen LogP contribution in [-0.2, 0) is 16.1 Å². The van der Waals surface area contributed by atoms with Gasteiger partial charge >= 0.3 is 6.03 Å². The van der Waals surface area contributed by atoms with Crippen LogP contribution in [0.1, 0.15) is 16.7 Å². The van der Waals surface area contributed by atoms with Crippen molar-refractivity contribution in [2.45, 2.75) is 13.5 Å². The molecule has 1 saturated heterocycles. The van der Waals surface area contributed by atoms with Gasteiger partial charge in [0.1, 0.15) is 12.2 Å². The second kappa shape index (κ2) is 9.95. The third-order valence-corrected chi connectivity index (χ3v) is 6.91. The van der Waals surface area contributed by atoms with E-state index in [0.717, 1.165) is 26.9 Å². The summed E-state index contributed by atoms with van der Waals surface area (Å²) in [6.07, 6.45) is 3.67. The van der Waals surface area contributed by atoms with Gasteiger partial charge in [0, 0.05) is 34.9 Å². The number of aryl methyl sites for hydroxylation is 1. The van der Waals surface area contributed by atoms with Crippen molar-refractivity contribution in [3.05, 3.63) is 120 Å². The van der Waals surface area contributed by atoms with Crippen LogP contribution < -0.4 is 10.6 Å². The van der Waals surface area contributed by atoms with E-state index in [1.807, 2.05) is 67.7 Å². The van der Waals surface area contributed by atoms with Gasteiger partial charge in [0.2, 0.25) is 5.91 Å². The summed E-state index contributed by atoms with van der Waals surface area (Å²) >= 11 is 0. The van der Waals surface area contributed by atoms with Crippen molar-refractivity contribution < 1.29 is 14.4 Å². The molecular weight excluding hydrogens is 488 g/mol. The minimum Gasteiger partial charge on any atom is -0.342 e. The molecular formula is C32H26N4O3. The zero-order valence-electron chi connectivity index (χ0n) is 21.3. The Morgan fingerprint density at radius 2 is 1.64 bits per heavy atom. The van der Waals surface area contributed by atoms with E-state index in [0.29, 0.717) is 12.2 Å². The Balaban J connectivity index is 1.27. The van der Waals surface area contributed by atoms with E-state index >= 15 is 0 Å². The Hall–Kier alpha value is -5.17. The van der Waals surface area contributed by atoms with Gasteiger partial charge in [-0.1, -0.05) is 72.8 Å². The Bertz CT molecular complexity index is 1790. The smallest absolute Gasteiger partial charge is 0.329 e. The van der Waals surface area contributed by atoms with Crippen molar-refractivity contribution in [1.82, 2.24) is 14.8 Å². The zero-order chi connectivity index (χ0) is 26.9. The van der Waals surface area contributed by atoms with Crippen molar-refractivity contribution >= 4 is 51.3 Å². The molecule has 6 rings (SSSR count). The number of fused-ring (bicyclic) bond motifs is 2. The number of urea groups is 1. The normalized spacial score (nSPS) is 14.4. The largest absolute Gasteiger partial charge is 0.342 e. The van der Waals surface area contributed by atoms with Crippen LogP contribution in [0, 0.1) is 6.92 Å². The number of para-hydroxylation sites is 1. The molecule has 1 aromatic heterocycles. The lowest BCUT2D eigenvalue weighted by Gasteiger charge is -2.12. The molecule has 192 valence electrons. The van der Waals surface area contributed by atoms with Crippen LogP contribution in [0.15, 0.2) is 103 Å². The molecule has 7 heteroatoms. The van der Waals surface area contributed by atoms with Crippen LogP contribution >= 0.6 is 0 Å². The van der Waals surface area contributed by atoms with Crippen molar-refractivity contribution in [1.29, 1.82) is 0 Å². The lowest BCUT2D eigenvalue weighted by molar-refractivity contribution is -0.127. The highest BCUT2D eigenvalue weighted by Gasteiger charge is 2.35. The van der Waals surface area contributed by atoms with E-state index in [9.17, 15) is 14.4 Å². The van der Waals surface area contributed by atoms with Gasteiger partial charge in [-0.25, -0.2) is 9.69 Å². The average molecular weight is 515 g/mol. The molecule has 5 aromatic rings. The maximum atomic E-state index is 13.1. The van der Waals surface area contributed by atoms with Crippen LogP contribution in [0.4, 0.5) is 10.5 Å². The number of rotatable bonds is 6. The number of benzene rings is 4. The summed E-state index contributed by atoms with van der Waals surface area (Å²) in [6.45, 7) is 2.19. The maximum absolute atomic E-state index is 13.1. The highest BCUT2D eigenvalue weighted by molar-refractivity contribution is 6.16. The molecule has 2 heterocycles. The summed E-state index contributed by atoms with van der Waals surface area (Å²) in [5, 5.41) is 8.71. The van der Waals surface area contributed by atoms with Crippen LogP contribution in [0.5, 0.6) is 0 Å². The summed E-state index contributed by atoms with van der Waals surface area (Å²) in [4.78, 5) is 39.3. The molecule has 0 spiro atoms. The van der Waals surface area contributed by atoms with Gasteiger partial charge in [0.15, 0.2) is 0 Å². The lowest BCUT2D eigenvalue weighted by Crippen LogP contribution is -2.38. The SMILES string of the molecule is Cc1cccc(NC(=O)CN2C(=O)N/C(=C/c3cn(Cc4cccc5ccccc45)c4ccccc34)C2=O)c1. The highest BCUT2D eigenvalue weighted by Crippen LogP contribution is 2.27. The van der Waals surface area contributed by atoms with E-state index in [-0.39, 0.29) is 12.2 Å². The zero-order valence-corrected chi connectivity index (χ0v) is 21.3. The molecule has 0 unspecified atom stereocenters. The highest BCUT2D eigenvalue weighted by atomic mass is 16.2. The van der Waals surface area contributed by atoms with Crippen LogP contribution in [0.25, 0.3) is 27.8 Å². The summed E-state index contributed by atoms with van der Waals surface area (Å²) in [7, 11) is 0. The number of hydrogen-bond donors (Lipinski definition) is 2. The molecule has 0 atom stereocenters. The summed E-state index contributed by atoms with van der Waals surface area (Å²) in [5.74, 6) is -0.984. The molecule has 1 aliphatic heterocycles. The second-order valence-electron chi connectivity index (χ2n) is 9.66. The predicted octanol–water partition coefficient (Wildman–Crippen LogP) is 5.68.